The number of thiophene rings is 1. The molecule has 1 saturated carbocycles. The van der Waals surface area contributed by atoms with Gasteiger partial charge in [-0.2, -0.15) is 0 Å². The van der Waals surface area contributed by atoms with E-state index in [4.69, 9.17) is 0 Å². The summed E-state index contributed by atoms with van der Waals surface area (Å²) in [5.74, 6) is 1.81. The summed E-state index contributed by atoms with van der Waals surface area (Å²) >= 11 is 9.33. The van der Waals surface area contributed by atoms with Gasteiger partial charge in [-0.05, 0) is 59.5 Å². The Labute approximate surface area is 125 Å². The van der Waals surface area contributed by atoms with Gasteiger partial charge in [-0.3, -0.25) is 0 Å². The Morgan fingerprint density at radius 2 is 2.24 bits per heavy atom. The lowest BCUT2D eigenvalue weighted by atomic mass is 9.78. The molecule has 0 radical (unpaired) electrons. The fourth-order valence-corrected chi connectivity index (χ4v) is 5.14. The zero-order valence-corrected chi connectivity index (χ0v) is 14.3. The van der Waals surface area contributed by atoms with Crippen LogP contribution in [-0.4, -0.2) is 4.83 Å². The van der Waals surface area contributed by atoms with Crippen molar-refractivity contribution in [2.75, 3.05) is 0 Å². The van der Waals surface area contributed by atoms with Crippen LogP contribution in [0.2, 0.25) is 0 Å². The van der Waals surface area contributed by atoms with E-state index in [1.54, 1.807) is 0 Å². The molecular formula is C14H20Br2S. The quantitative estimate of drug-likeness (QED) is 0.560. The first kappa shape index (κ1) is 14.1. The van der Waals surface area contributed by atoms with Crippen LogP contribution in [0, 0.1) is 11.8 Å². The molecule has 3 heteroatoms. The van der Waals surface area contributed by atoms with E-state index in [2.05, 4.69) is 50.2 Å². The Bertz CT molecular complexity index is 348. The molecule has 2 rings (SSSR count). The van der Waals surface area contributed by atoms with Gasteiger partial charge in [0.2, 0.25) is 0 Å². The van der Waals surface area contributed by atoms with Crippen LogP contribution in [0.4, 0.5) is 0 Å². The minimum atomic E-state index is 0.733. The summed E-state index contributed by atoms with van der Waals surface area (Å²) in [5.41, 5.74) is 0. The monoisotopic (exact) mass is 378 g/mol. The Balaban J connectivity index is 1.93. The van der Waals surface area contributed by atoms with Crippen LogP contribution in [0.25, 0.3) is 0 Å². The van der Waals surface area contributed by atoms with Crippen molar-refractivity contribution < 1.29 is 0 Å². The summed E-state index contributed by atoms with van der Waals surface area (Å²) in [5, 5.41) is 2.20. The minimum Gasteiger partial charge on any atom is -0.148 e. The molecule has 0 amide bonds. The average Bonchev–Trinajstić information content (AvgIpc) is 2.69. The molecule has 1 fully saturated rings. The Morgan fingerprint density at radius 1 is 1.41 bits per heavy atom. The van der Waals surface area contributed by atoms with Gasteiger partial charge in [0.05, 0.1) is 0 Å². The molecule has 0 saturated heterocycles. The molecule has 0 nitrogen and oxygen atoms in total. The second kappa shape index (κ2) is 6.72. The van der Waals surface area contributed by atoms with Gasteiger partial charge in [0, 0.05) is 19.6 Å². The van der Waals surface area contributed by atoms with E-state index in [1.165, 1.54) is 47.9 Å². The summed E-state index contributed by atoms with van der Waals surface area (Å²) in [4.78, 5) is 2.26. The number of rotatable bonds is 4. The molecule has 0 aromatic carbocycles. The number of hydrogen-bond donors (Lipinski definition) is 0. The van der Waals surface area contributed by atoms with Gasteiger partial charge >= 0.3 is 0 Å². The topological polar surface area (TPSA) is 0 Å². The molecule has 3 atom stereocenters. The van der Waals surface area contributed by atoms with Crippen molar-refractivity contribution >= 4 is 43.2 Å². The zero-order valence-electron chi connectivity index (χ0n) is 10.3. The highest BCUT2D eigenvalue weighted by molar-refractivity contribution is 9.10. The number of alkyl halides is 1. The first-order chi connectivity index (χ1) is 8.19. The summed E-state index contributed by atoms with van der Waals surface area (Å²) in [7, 11) is 0. The predicted molar refractivity (Wildman–Crippen MR) is 84.2 cm³/mol. The molecule has 1 aromatic rings. The van der Waals surface area contributed by atoms with E-state index < -0.39 is 0 Å². The van der Waals surface area contributed by atoms with E-state index in [1.807, 2.05) is 11.3 Å². The summed E-state index contributed by atoms with van der Waals surface area (Å²) in [6.45, 7) is 2.31. The lowest BCUT2D eigenvalue weighted by molar-refractivity contribution is 0.264. The maximum Gasteiger partial charge on any atom is 0.0285 e. The summed E-state index contributed by atoms with van der Waals surface area (Å²) < 4.78 is 1.24. The first-order valence-corrected chi connectivity index (χ1v) is 9.14. The van der Waals surface area contributed by atoms with Crippen LogP contribution in [0.15, 0.2) is 15.9 Å². The van der Waals surface area contributed by atoms with Crippen molar-refractivity contribution in [3.63, 3.8) is 0 Å². The smallest absolute Gasteiger partial charge is 0.0285 e. The molecule has 0 spiro atoms. The van der Waals surface area contributed by atoms with Gasteiger partial charge in [0.25, 0.3) is 0 Å². The fourth-order valence-electron chi connectivity index (χ4n) is 2.93. The molecule has 0 aliphatic heterocycles. The standard InChI is InChI=1S/C14H20Br2S/c1-2-3-10-4-5-14(16)11(6-10)7-13-8-12(15)9-17-13/h8-11,14H,2-7H2,1H3. The highest BCUT2D eigenvalue weighted by Gasteiger charge is 2.28. The highest BCUT2D eigenvalue weighted by atomic mass is 79.9. The van der Waals surface area contributed by atoms with E-state index in [-0.39, 0.29) is 0 Å². The SMILES string of the molecule is CCCC1CCC(Br)C(Cc2cc(Br)cs2)C1. The van der Waals surface area contributed by atoms with Crippen LogP contribution in [0.5, 0.6) is 0 Å². The lowest BCUT2D eigenvalue weighted by Gasteiger charge is -2.33. The molecule has 1 aliphatic carbocycles. The van der Waals surface area contributed by atoms with E-state index in [9.17, 15) is 0 Å². The van der Waals surface area contributed by atoms with Crippen LogP contribution >= 0.6 is 43.2 Å². The molecule has 1 heterocycles. The average molecular weight is 380 g/mol. The predicted octanol–water partition coefficient (Wildman–Crippen LogP) is 6.03. The van der Waals surface area contributed by atoms with Gasteiger partial charge in [-0.15, -0.1) is 11.3 Å². The van der Waals surface area contributed by atoms with Gasteiger partial charge in [0.15, 0.2) is 0 Å². The third kappa shape index (κ3) is 4.07. The van der Waals surface area contributed by atoms with Crippen molar-refractivity contribution in [2.45, 2.75) is 50.3 Å². The van der Waals surface area contributed by atoms with Gasteiger partial charge in [-0.25, -0.2) is 0 Å². The molecule has 1 aromatic heterocycles. The molecular weight excluding hydrogens is 360 g/mol. The van der Waals surface area contributed by atoms with Crippen molar-refractivity contribution in [1.29, 1.82) is 0 Å². The van der Waals surface area contributed by atoms with E-state index >= 15 is 0 Å². The van der Waals surface area contributed by atoms with Gasteiger partial charge in [-0.1, -0.05) is 35.7 Å². The third-order valence-corrected chi connectivity index (χ3v) is 6.71. The Kier molecular flexibility index (Phi) is 5.56. The summed E-state index contributed by atoms with van der Waals surface area (Å²) in [6, 6.07) is 2.29. The second-order valence-corrected chi connectivity index (χ2v) is 8.27. The van der Waals surface area contributed by atoms with Gasteiger partial charge in [0.1, 0.15) is 0 Å². The molecule has 0 bridgehead atoms. The highest BCUT2D eigenvalue weighted by Crippen LogP contribution is 2.38. The van der Waals surface area contributed by atoms with Crippen molar-refractivity contribution in [1.82, 2.24) is 0 Å². The van der Waals surface area contributed by atoms with E-state index in [0.29, 0.717) is 0 Å². The Morgan fingerprint density at radius 3 is 2.88 bits per heavy atom. The van der Waals surface area contributed by atoms with Crippen LogP contribution in [0.3, 0.4) is 0 Å². The maximum atomic E-state index is 3.89. The van der Waals surface area contributed by atoms with Gasteiger partial charge < -0.3 is 0 Å². The molecule has 96 valence electrons. The molecule has 3 unspecified atom stereocenters. The van der Waals surface area contributed by atoms with Crippen LogP contribution in [0.1, 0.15) is 43.9 Å². The third-order valence-electron chi connectivity index (χ3n) is 3.78. The normalized spacial score (nSPS) is 29.5. The first-order valence-electron chi connectivity index (χ1n) is 6.56. The molecule has 17 heavy (non-hydrogen) atoms. The number of halogens is 2. The zero-order chi connectivity index (χ0) is 12.3. The Hall–Kier alpha value is 0.660. The van der Waals surface area contributed by atoms with Crippen molar-refractivity contribution in [3.05, 3.63) is 20.8 Å². The number of hydrogen-bond acceptors (Lipinski definition) is 1. The van der Waals surface area contributed by atoms with Crippen LogP contribution in [-0.2, 0) is 6.42 Å². The largest absolute Gasteiger partial charge is 0.148 e. The maximum absolute atomic E-state index is 3.89. The summed E-state index contributed by atoms with van der Waals surface area (Å²) in [6.07, 6.45) is 8.22. The molecule has 1 aliphatic rings. The van der Waals surface area contributed by atoms with Crippen molar-refractivity contribution in [2.24, 2.45) is 11.8 Å². The minimum absolute atomic E-state index is 0.733. The fraction of sp³-hybridized carbons (Fsp3) is 0.714. The second-order valence-electron chi connectivity index (χ2n) is 5.18. The van der Waals surface area contributed by atoms with Crippen molar-refractivity contribution in [3.8, 4) is 0 Å². The van der Waals surface area contributed by atoms with E-state index in [0.717, 1.165) is 16.7 Å². The van der Waals surface area contributed by atoms with Crippen LogP contribution < -0.4 is 0 Å². The molecule has 0 N–H and O–H groups in total. The lowest BCUT2D eigenvalue weighted by Crippen LogP contribution is -2.26.